The highest BCUT2D eigenvalue weighted by molar-refractivity contribution is 5.29. The zero-order valence-electron chi connectivity index (χ0n) is 10.4. The number of hydrogen-bond donors (Lipinski definition) is 2. The van der Waals surface area contributed by atoms with E-state index in [1.54, 1.807) is 6.07 Å². The maximum atomic E-state index is 13.8. The molecular weight excluding hydrogens is 227 g/mol. The Morgan fingerprint density at radius 1 is 1.17 bits per heavy atom. The zero-order chi connectivity index (χ0) is 13.0. The lowest BCUT2D eigenvalue weighted by atomic mass is 9.97. The molecule has 2 nitrogen and oxygen atoms in total. The average molecular weight is 244 g/mol. The van der Waals surface area contributed by atoms with Gasteiger partial charge >= 0.3 is 0 Å². The first kappa shape index (κ1) is 12.7. The summed E-state index contributed by atoms with van der Waals surface area (Å²) in [5.41, 5.74) is 5.46. The van der Waals surface area contributed by atoms with E-state index in [-0.39, 0.29) is 11.9 Å². The number of nitrogens with two attached hydrogens (primary N) is 1. The Labute approximate surface area is 107 Å². The van der Waals surface area contributed by atoms with Crippen LogP contribution in [-0.2, 0) is 6.42 Å². The van der Waals surface area contributed by atoms with Crippen molar-refractivity contribution in [2.24, 2.45) is 5.84 Å². The van der Waals surface area contributed by atoms with Gasteiger partial charge in [0.1, 0.15) is 5.82 Å². The van der Waals surface area contributed by atoms with E-state index < -0.39 is 0 Å². The Morgan fingerprint density at radius 3 is 2.56 bits per heavy atom. The second kappa shape index (κ2) is 5.76. The van der Waals surface area contributed by atoms with E-state index in [1.807, 2.05) is 43.3 Å². The molecule has 0 radical (unpaired) electrons. The monoisotopic (exact) mass is 244 g/mol. The van der Waals surface area contributed by atoms with Crippen LogP contribution in [0.5, 0.6) is 0 Å². The Morgan fingerprint density at radius 2 is 1.89 bits per heavy atom. The molecule has 1 atom stereocenters. The number of benzene rings is 2. The molecule has 0 saturated heterocycles. The maximum Gasteiger partial charge on any atom is 0.128 e. The molecule has 2 aromatic carbocycles. The van der Waals surface area contributed by atoms with Crippen LogP contribution >= 0.6 is 0 Å². The van der Waals surface area contributed by atoms with Crippen molar-refractivity contribution < 1.29 is 4.39 Å². The lowest BCUT2D eigenvalue weighted by molar-refractivity contribution is 0.510. The largest absolute Gasteiger partial charge is 0.271 e. The SMILES string of the molecule is Cc1ccc(F)c(C(Cc2ccccc2)NN)c1. The molecule has 0 aliphatic rings. The molecule has 0 aliphatic heterocycles. The van der Waals surface area contributed by atoms with Crippen LogP contribution in [0.25, 0.3) is 0 Å². The van der Waals surface area contributed by atoms with Crippen molar-refractivity contribution in [1.29, 1.82) is 0 Å². The quantitative estimate of drug-likeness (QED) is 0.641. The fourth-order valence-electron chi connectivity index (χ4n) is 2.04. The summed E-state index contributed by atoms with van der Waals surface area (Å²) in [5.74, 6) is 5.33. The molecule has 2 rings (SSSR count). The van der Waals surface area contributed by atoms with E-state index in [4.69, 9.17) is 5.84 Å². The van der Waals surface area contributed by atoms with Crippen molar-refractivity contribution in [2.45, 2.75) is 19.4 Å². The van der Waals surface area contributed by atoms with E-state index in [9.17, 15) is 4.39 Å². The van der Waals surface area contributed by atoms with Crippen LogP contribution in [0.4, 0.5) is 4.39 Å². The van der Waals surface area contributed by atoms with Gasteiger partial charge in [0.15, 0.2) is 0 Å². The van der Waals surface area contributed by atoms with E-state index >= 15 is 0 Å². The topological polar surface area (TPSA) is 38.0 Å². The average Bonchev–Trinajstić information content (AvgIpc) is 2.40. The highest BCUT2D eigenvalue weighted by Crippen LogP contribution is 2.21. The van der Waals surface area contributed by atoms with Crippen LogP contribution in [0.2, 0.25) is 0 Å². The molecule has 0 heterocycles. The summed E-state index contributed by atoms with van der Waals surface area (Å²) in [6, 6.07) is 14.8. The standard InChI is InChI=1S/C15H17FN2/c1-11-7-8-14(16)13(9-11)15(18-17)10-12-5-3-2-4-6-12/h2-9,15,18H,10,17H2,1H3. The van der Waals surface area contributed by atoms with Gasteiger partial charge in [0.2, 0.25) is 0 Å². The molecule has 94 valence electrons. The fourth-order valence-corrected chi connectivity index (χ4v) is 2.04. The number of rotatable bonds is 4. The summed E-state index contributed by atoms with van der Waals surface area (Å²) in [5, 5.41) is 0. The number of aryl methyl sites for hydroxylation is 1. The lowest BCUT2D eigenvalue weighted by Gasteiger charge is -2.17. The fraction of sp³-hybridized carbons (Fsp3) is 0.200. The highest BCUT2D eigenvalue weighted by Gasteiger charge is 2.15. The van der Waals surface area contributed by atoms with Gasteiger partial charge in [-0.15, -0.1) is 0 Å². The van der Waals surface area contributed by atoms with Crippen molar-refractivity contribution in [3.63, 3.8) is 0 Å². The molecule has 0 amide bonds. The van der Waals surface area contributed by atoms with E-state index in [2.05, 4.69) is 5.43 Å². The van der Waals surface area contributed by atoms with E-state index in [0.29, 0.717) is 12.0 Å². The van der Waals surface area contributed by atoms with Crippen LogP contribution in [0, 0.1) is 12.7 Å². The van der Waals surface area contributed by atoms with Gasteiger partial charge in [0, 0.05) is 5.56 Å². The van der Waals surface area contributed by atoms with Gasteiger partial charge in [0.05, 0.1) is 6.04 Å². The van der Waals surface area contributed by atoms with Crippen molar-refractivity contribution in [1.82, 2.24) is 5.43 Å². The van der Waals surface area contributed by atoms with Crippen LogP contribution < -0.4 is 11.3 Å². The second-order valence-corrected chi connectivity index (χ2v) is 4.43. The highest BCUT2D eigenvalue weighted by atomic mass is 19.1. The Balaban J connectivity index is 2.26. The first-order valence-corrected chi connectivity index (χ1v) is 5.97. The van der Waals surface area contributed by atoms with Crippen LogP contribution in [0.1, 0.15) is 22.7 Å². The van der Waals surface area contributed by atoms with Crippen LogP contribution in [0.15, 0.2) is 48.5 Å². The summed E-state index contributed by atoms with van der Waals surface area (Å²) in [6.45, 7) is 1.94. The molecule has 0 bridgehead atoms. The molecule has 0 spiro atoms. The second-order valence-electron chi connectivity index (χ2n) is 4.43. The molecule has 3 N–H and O–H groups in total. The predicted molar refractivity (Wildman–Crippen MR) is 71.3 cm³/mol. The van der Waals surface area contributed by atoms with Crippen molar-refractivity contribution in [2.75, 3.05) is 0 Å². The molecule has 0 aliphatic carbocycles. The third-order valence-corrected chi connectivity index (χ3v) is 3.01. The molecule has 1 unspecified atom stereocenters. The molecular formula is C15H17FN2. The summed E-state index contributed by atoms with van der Waals surface area (Å²) in [7, 11) is 0. The molecule has 0 aromatic heterocycles. The zero-order valence-corrected chi connectivity index (χ0v) is 10.4. The third-order valence-electron chi connectivity index (χ3n) is 3.01. The number of hydrazine groups is 1. The van der Waals surface area contributed by atoms with Gasteiger partial charge < -0.3 is 0 Å². The van der Waals surface area contributed by atoms with Crippen molar-refractivity contribution in [3.8, 4) is 0 Å². The maximum absolute atomic E-state index is 13.8. The summed E-state index contributed by atoms with van der Waals surface area (Å²) < 4.78 is 13.8. The molecule has 3 heteroatoms. The van der Waals surface area contributed by atoms with E-state index in [0.717, 1.165) is 11.1 Å². The number of nitrogens with one attached hydrogen (secondary N) is 1. The Bertz CT molecular complexity index is 511. The van der Waals surface area contributed by atoms with Gasteiger partial charge in [0.25, 0.3) is 0 Å². The minimum absolute atomic E-state index is 0.215. The smallest absolute Gasteiger partial charge is 0.128 e. The van der Waals surface area contributed by atoms with Crippen molar-refractivity contribution in [3.05, 3.63) is 71.0 Å². The minimum atomic E-state index is -0.223. The summed E-state index contributed by atoms with van der Waals surface area (Å²) in [4.78, 5) is 0. The van der Waals surface area contributed by atoms with Crippen molar-refractivity contribution >= 4 is 0 Å². The number of halogens is 1. The lowest BCUT2D eigenvalue weighted by Crippen LogP contribution is -2.30. The Kier molecular flexibility index (Phi) is 4.07. The van der Waals surface area contributed by atoms with Gasteiger partial charge in [-0.2, -0.15) is 0 Å². The molecule has 0 saturated carbocycles. The van der Waals surface area contributed by atoms with Gasteiger partial charge in [-0.3, -0.25) is 11.3 Å². The summed E-state index contributed by atoms with van der Waals surface area (Å²) >= 11 is 0. The first-order valence-electron chi connectivity index (χ1n) is 5.97. The van der Waals surface area contributed by atoms with Crippen LogP contribution in [-0.4, -0.2) is 0 Å². The van der Waals surface area contributed by atoms with Gasteiger partial charge in [-0.25, -0.2) is 4.39 Å². The van der Waals surface area contributed by atoms with Gasteiger partial charge in [-0.1, -0.05) is 48.0 Å². The predicted octanol–water partition coefficient (Wildman–Crippen LogP) is 2.88. The van der Waals surface area contributed by atoms with Gasteiger partial charge in [-0.05, 0) is 25.0 Å². The summed E-state index contributed by atoms with van der Waals surface area (Å²) in [6.07, 6.45) is 0.664. The minimum Gasteiger partial charge on any atom is -0.271 e. The van der Waals surface area contributed by atoms with E-state index in [1.165, 1.54) is 6.07 Å². The normalized spacial score (nSPS) is 12.4. The molecule has 18 heavy (non-hydrogen) atoms. The third kappa shape index (κ3) is 2.94. The van der Waals surface area contributed by atoms with Crippen LogP contribution in [0.3, 0.4) is 0 Å². The molecule has 0 fully saturated rings. The first-order chi connectivity index (χ1) is 8.70. The number of hydrogen-bond acceptors (Lipinski definition) is 2. The molecule has 2 aromatic rings. The Hall–Kier alpha value is -1.71.